The summed E-state index contributed by atoms with van der Waals surface area (Å²) in [6, 6.07) is 0. The largest absolute Gasteiger partial charge is 0.380 e. The highest BCUT2D eigenvalue weighted by molar-refractivity contribution is 5.82. The van der Waals surface area contributed by atoms with E-state index in [0.29, 0.717) is 18.6 Å². The molecule has 92 valence electrons. The third kappa shape index (κ3) is 2.55. The lowest BCUT2D eigenvalue weighted by molar-refractivity contribution is -0.123. The van der Waals surface area contributed by atoms with Gasteiger partial charge in [-0.3, -0.25) is 4.79 Å². The van der Waals surface area contributed by atoms with Gasteiger partial charge in [0.25, 0.3) is 0 Å². The standard InChI is InChI=1S/C12H22N2O2/c1-2-16-8-7-14-11(15)10-9-12(10)3-5-13-6-4-12/h10,13H,2-9H2,1H3,(H,14,15). The number of hydrogen-bond donors (Lipinski definition) is 2. The average molecular weight is 226 g/mol. The van der Waals surface area contributed by atoms with Gasteiger partial charge in [-0.2, -0.15) is 0 Å². The van der Waals surface area contributed by atoms with Crippen LogP contribution in [0.1, 0.15) is 26.2 Å². The second-order valence-electron chi connectivity index (χ2n) is 4.86. The molecule has 1 spiro atoms. The maximum absolute atomic E-state index is 11.9. The summed E-state index contributed by atoms with van der Waals surface area (Å²) in [7, 11) is 0. The summed E-state index contributed by atoms with van der Waals surface area (Å²) >= 11 is 0. The molecule has 1 amide bonds. The number of hydrogen-bond acceptors (Lipinski definition) is 3. The van der Waals surface area contributed by atoms with Gasteiger partial charge in [-0.15, -0.1) is 0 Å². The van der Waals surface area contributed by atoms with E-state index in [0.717, 1.165) is 39.0 Å². The highest BCUT2D eigenvalue weighted by Gasteiger charge is 2.57. The molecule has 2 N–H and O–H groups in total. The SMILES string of the molecule is CCOCCNC(=O)C1CC12CCNCC2. The molecule has 0 bridgehead atoms. The fourth-order valence-electron chi connectivity index (χ4n) is 2.71. The Morgan fingerprint density at radius 2 is 2.25 bits per heavy atom. The normalized spacial score (nSPS) is 26.7. The van der Waals surface area contributed by atoms with E-state index in [1.165, 1.54) is 0 Å². The van der Waals surface area contributed by atoms with Gasteiger partial charge in [0.05, 0.1) is 6.61 Å². The Hall–Kier alpha value is -0.610. The van der Waals surface area contributed by atoms with Crippen LogP contribution in [0.5, 0.6) is 0 Å². The Balaban J connectivity index is 1.67. The van der Waals surface area contributed by atoms with E-state index in [1.54, 1.807) is 0 Å². The maximum atomic E-state index is 11.9. The molecule has 2 aliphatic rings. The van der Waals surface area contributed by atoms with Crippen LogP contribution in [-0.2, 0) is 9.53 Å². The first-order valence-electron chi connectivity index (χ1n) is 6.35. The fraction of sp³-hybridized carbons (Fsp3) is 0.917. The lowest BCUT2D eigenvalue weighted by atomic mass is 9.92. The minimum atomic E-state index is 0.238. The number of piperidine rings is 1. The van der Waals surface area contributed by atoms with Crippen molar-refractivity contribution in [3.05, 3.63) is 0 Å². The zero-order valence-corrected chi connectivity index (χ0v) is 10.1. The molecule has 4 nitrogen and oxygen atoms in total. The molecule has 0 aromatic carbocycles. The summed E-state index contributed by atoms with van der Waals surface area (Å²) in [5.74, 6) is 0.512. The van der Waals surface area contributed by atoms with Crippen molar-refractivity contribution in [2.24, 2.45) is 11.3 Å². The van der Waals surface area contributed by atoms with Crippen molar-refractivity contribution < 1.29 is 9.53 Å². The first-order valence-corrected chi connectivity index (χ1v) is 6.35. The van der Waals surface area contributed by atoms with Crippen molar-refractivity contribution in [2.45, 2.75) is 26.2 Å². The number of carbonyl (C=O) groups is 1. The van der Waals surface area contributed by atoms with Gasteiger partial charge in [0.15, 0.2) is 0 Å². The molecule has 0 aromatic rings. The Morgan fingerprint density at radius 3 is 2.94 bits per heavy atom. The van der Waals surface area contributed by atoms with Gasteiger partial charge in [0.1, 0.15) is 0 Å². The van der Waals surface area contributed by atoms with Crippen molar-refractivity contribution in [2.75, 3.05) is 32.8 Å². The van der Waals surface area contributed by atoms with E-state index in [-0.39, 0.29) is 11.8 Å². The fourth-order valence-corrected chi connectivity index (χ4v) is 2.71. The van der Waals surface area contributed by atoms with Crippen LogP contribution >= 0.6 is 0 Å². The molecule has 1 heterocycles. The predicted molar refractivity (Wildman–Crippen MR) is 62.1 cm³/mol. The number of carbonyl (C=O) groups excluding carboxylic acids is 1. The van der Waals surface area contributed by atoms with Crippen LogP contribution in [0.25, 0.3) is 0 Å². The van der Waals surface area contributed by atoms with Gasteiger partial charge >= 0.3 is 0 Å². The average Bonchev–Trinajstić information content (AvgIpc) is 2.99. The molecule has 1 atom stereocenters. The number of ether oxygens (including phenoxy) is 1. The molecule has 4 heteroatoms. The molecule has 1 aliphatic carbocycles. The minimum Gasteiger partial charge on any atom is -0.380 e. The van der Waals surface area contributed by atoms with Crippen LogP contribution in [0.4, 0.5) is 0 Å². The smallest absolute Gasteiger partial charge is 0.223 e. The molecular formula is C12H22N2O2. The summed E-state index contributed by atoms with van der Waals surface area (Å²) in [4.78, 5) is 11.9. The Bertz CT molecular complexity index is 249. The van der Waals surface area contributed by atoms with Crippen molar-refractivity contribution in [1.82, 2.24) is 10.6 Å². The van der Waals surface area contributed by atoms with E-state index >= 15 is 0 Å². The Kier molecular flexibility index (Phi) is 3.82. The molecule has 2 rings (SSSR count). The monoisotopic (exact) mass is 226 g/mol. The zero-order valence-electron chi connectivity index (χ0n) is 10.1. The van der Waals surface area contributed by atoms with Crippen LogP contribution in [-0.4, -0.2) is 38.8 Å². The van der Waals surface area contributed by atoms with E-state index in [4.69, 9.17) is 4.74 Å². The van der Waals surface area contributed by atoms with Gasteiger partial charge < -0.3 is 15.4 Å². The summed E-state index contributed by atoms with van der Waals surface area (Å²) in [5, 5.41) is 6.31. The van der Waals surface area contributed by atoms with E-state index < -0.39 is 0 Å². The third-order valence-corrected chi connectivity index (χ3v) is 3.86. The van der Waals surface area contributed by atoms with Gasteiger partial charge in [0.2, 0.25) is 5.91 Å². The second-order valence-corrected chi connectivity index (χ2v) is 4.86. The van der Waals surface area contributed by atoms with Crippen molar-refractivity contribution >= 4 is 5.91 Å². The maximum Gasteiger partial charge on any atom is 0.223 e. The molecular weight excluding hydrogens is 204 g/mol. The van der Waals surface area contributed by atoms with E-state index in [2.05, 4.69) is 10.6 Å². The summed E-state index contributed by atoms with van der Waals surface area (Å²) in [6.07, 6.45) is 3.42. The van der Waals surface area contributed by atoms with Crippen LogP contribution in [0, 0.1) is 11.3 Å². The summed E-state index contributed by atoms with van der Waals surface area (Å²) < 4.78 is 5.20. The highest BCUT2D eigenvalue weighted by atomic mass is 16.5. The molecule has 1 saturated carbocycles. The number of amides is 1. The second kappa shape index (κ2) is 5.15. The predicted octanol–water partition coefficient (Wildman–Crippen LogP) is 0.529. The van der Waals surface area contributed by atoms with Crippen molar-refractivity contribution in [1.29, 1.82) is 0 Å². The van der Waals surface area contributed by atoms with Crippen LogP contribution in [0.15, 0.2) is 0 Å². The van der Waals surface area contributed by atoms with Crippen LogP contribution < -0.4 is 10.6 Å². The molecule has 1 aliphatic heterocycles. The van der Waals surface area contributed by atoms with Crippen molar-refractivity contribution in [3.63, 3.8) is 0 Å². The van der Waals surface area contributed by atoms with E-state index in [9.17, 15) is 4.79 Å². The van der Waals surface area contributed by atoms with Crippen molar-refractivity contribution in [3.8, 4) is 0 Å². The highest BCUT2D eigenvalue weighted by Crippen LogP contribution is 2.58. The molecule has 1 unspecified atom stereocenters. The first-order chi connectivity index (χ1) is 7.78. The van der Waals surface area contributed by atoms with Gasteiger partial charge in [-0.05, 0) is 44.7 Å². The Labute approximate surface area is 97.1 Å². The number of rotatable bonds is 5. The van der Waals surface area contributed by atoms with Crippen LogP contribution in [0.3, 0.4) is 0 Å². The van der Waals surface area contributed by atoms with Gasteiger partial charge in [-0.25, -0.2) is 0 Å². The molecule has 16 heavy (non-hydrogen) atoms. The van der Waals surface area contributed by atoms with E-state index in [1.807, 2.05) is 6.92 Å². The minimum absolute atomic E-state index is 0.238. The molecule has 0 radical (unpaired) electrons. The third-order valence-electron chi connectivity index (χ3n) is 3.86. The van der Waals surface area contributed by atoms with Gasteiger partial charge in [-0.1, -0.05) is 0 Å². The molecule has 0 aromatic heterocycles. The molecule has 2 fully saturated rings. The van der Waals surface area contributed by atoms with Gasteiger partial charge in [0, 0.05) is 19.1 Å². The lowest BCUT2D eigenvalue weighted by Crippen LogP contribution is -2.34. The first kappa shape index (κ1) is 11.9. The quantitative estimate of drug-likeness (QED) is 0.672. The Morgan fingerprint density at radius 1 is 1.50 bits per heavy atom. The van der Waals surface area contributed by atoms with Crippen LogP contribution in [0.2, 0.25) is 0 Å². The summed E-state index contributed by atoms with van der Waals surface area (Å²) in [5.41, 5.74) is 0.348. The zero-order chi connectivity index (χ0) is 11.4. The molecule has 1 saturated heterocycles. The summed E-state index contributed by atoms with van der Waals surface area (Å²) in [6.45, 7) is 6.11. The lowest BCUT2D eigenvalue weighted by Gasteiger charge is -2.23. The number of nitrogens with one attached hydrogen (secondary N) is 2. The topological polar surface area (TPSA) is 50.4 Å².